The van der Waals surface area contributed by atoms with E-state index in [1.54, 1.807) is 17.0 Å². The smallest absolute Gasteiger partial charge is 0.240 e. The van der Waals surface area contributed by atoms with Gasteiger partial charge in [0.1, 0.15) is 0 Å². The van der Waals surface area contributed by atoms with Crippen LogP contribution in [0, 0.1) is 0 Å². The molecular formula is C16H24N2O4S. The molecule has 1 aromatic rings. The highest BCUT2D eigenvalue weighted by molar-refractivity contribution is 7.89. The standard InChI is InChI=1S/C16H24N2O4S/c1-13(2)22-12-4-10-17-23(20,21)15-8-6-14(7-9-15)18-11-3-5-16(18)19/h6-9,13,17H,3-5,10-12H2,1-2H3. The second-order valence-electron chi connectivity index (χ2n) is 5.81. The van der Waals surface area contributed by atoms with E-state index in [9.17, 15) is 13.2 Å². The molecule has 1 N–H and O–H groups in total. The summed E-state index contributed by atoms with van der Waals surface area (Å²) >= 11 is 0. The van der Waals surface area contributed by atoms with Gasteiger partial charge in [-0.3, -0.25) is 4.79 Å². The molecule has 1 aromatic carbocycles. The van der Waals surface area contributed by atoms with Gasteiger partial charge in [0, 0.05) is 31.8 Å². The lowest BCUT2D eigenvalue weighted by atomic mass is 10.3. The number of hydrogen-bond donors (Lipinski definition) is 1. The second-order valence-corrected chi connectivity index (χ2v) is 7.58. The summed E-state index contributed by atoms with van der Waals surface area (Å²) in [5, 5.41) is 0. The second kappa shape index (κ2) is 7.90. The van der Waals surface area contributed by atoms with E-state index >= 15 is 0 Å². The summed E-state index contributed by atoms with van der Waals surface area (Å²) < 4.78 is 32.3. The van der Waals surface area contributed by atoms with Crippen molar-refractivity contribution in [1.29, 1.82) is 0 Å². The molecule has 1 aliphatic heterocycles. The average Bonchev–Trinajstić information content (AvgIpc) is 2.93. The number of rotatable bonds is 8. The first-order chi connectivity index (χ1) is 10.9. The lowest BCUT2D eigenvalue weighted by Gasteiger charge is -2.16. The summed E-state index contributed by atoms with van der Waals surface area (Å²) in [6, 6.07) is 6.43. The maximum absolute atomic E-state index is 12.2. The number of nitrogens with zero attached hydrogens (tertiary/aromatic N) is 1. The molecule has 23 heavy (non-hydrogen) atoms. The third-order valence-corrected chi connectivity index (χ3v) is 5.07. The SMILES string of the molecule is CC(C)OCCCNS(=O)(=O)c1ccc(N2CCCC2=O)cc1. The number of carbonyl (C=O) groups is 1. The molecule has 0 bridgehead atoms. The number of amides is 1. The summed E-state index contributed by atoms with van der Waals surface area (Å²) in [5.74, 6) is 0.0869. The van der Waals surface area contributed by atoms with Gasteiger partial charge < -0.3 is 9.64 Å². The summed E-state index contributed by atoms with van der Waals surface area (Å²) in [6.45, 7) is 5.43. The van der Waals surface area contributed by atoms with Crippen LogP contribution < -0.4 is 9.62 Å². The molecule has 2 rings (SSSR count). The van der Waals surface area contributed by atoms with E-state index in [-0.39, 0.29) is 16.9 Å². The maximum atomic E-state index is 12.2. The molecular weight excluding hydrogens is 316 g/mol. The maximum Gasteiger partial charge on any atom is 0.240 e. The minimum absolute atomic E-state index is 0.0869. The van der Waals surface area contributed by atoms with Crippen molar-refractivity contribution in [3.05, 3.63) is 24.3 Å². The van der Waals surface area contributed by atoms with Gasteiger partial charge in [-0.2, -0.15) is 0 Å². The molecule has 0 saturated carbocycles. The molecule has 7 heteroatoms. The molecule has 0 unspecified atom stereocenters. The van der Waals surface area contributed by atoms with Crippen molar-refractivity contribution in [1.82, 2.24) is 4.72 Å². The Morgan fingerprint density at radius 2 is 1.96 bits per heavy atom. The van der Waals surface area contributed by atoms with Crippen LogP contribution in [0.1, 0.15) is 33.1 Å². The van der Waals surface area contributed by atoms with Crippen LogP contribution in [0.3, 0.4) is 0 Å². The number of nitrogens with one attached hydrogen (secondary N) is 1. The molecule has 0 radical (unpaired) electrons. The quantitative estimate of drug-likeness (QED) is 0.734. The van der Waals surface area contributed by atoms with E-state index in [2.05, 4.69) is 4.72 Å². The van der Waals surface area contributed by atoms with Crippen molar-refractivity contribution in [3.63, 3.8) is 0 Å². The van der Waals surface area contributed by atoms with E-state index in [0.29, 0.717) is 32.5 Å². The Bertz CT molecular complexity index is 626. The lowest BCUT2D eigenvalue weighted by molar-refractivity contribution is -0.117. The first-order valence-electron chi connectivity index (χ1n) is 7.92. The molecule has 0 atom stereocenters. The molecule has 1 saturated heterocycles. The highest BCUT2D eigenvalue weighted by atomic mass is 32.2. The van der Waals surface area contributed by atoms with Crippen LogP contribution in [0.25, 0.3) is 0 Å². The molecule has 128 valence electrons. The minimum Gasteiger partial charge on any atom is -0.379 e. The minimum atomic E-state index is -3.52. The molecule has 1 heterocycles. The van der Waals surface area contributed by atoms with E-state index in [1.807, 2.05) is 13.8 Å². The van der Waals surface area contributed by atoms with Crippen molar-refractivity contribution in [2.45, 2.75) is 44.1 Å². The molecule has 1 aliphatic rings. The van der Waals surface area contributed by atoms with Crippen LogP contribution in [0.2, 0.25) is 0 Å². The Morgan fingerprint density at radius 1 is 1.26 bits per heavy atom. The zero-order valence-corrected chi connectivity index (χ0v) is 14.4. The molecule has 1 amide bonds. The Hall–Kier alpha value is -1.44. The van der Waals surface area contributed by atoms with Gasteiger partial charge in [0.25, 0.3) is 0 Å². The van der Waals surface area contributed by atoms with E-state index in [4.69, 9.17) is 4.74 Å². The highest BCUT2D eigenvalue weighted by Gasteiger charge is 2.22. The van der Waals surface area contributed by atoms with Crippen molar-refractivity contribution in [2.75, 3.05) is 24.6 Å². The largest absolute Gasteiger partial charge is 0.379 e. The number of hydrogen-bond acceptors (Lipinski definition) is 4. The van der Waals surface area contributed by atoms with Crippen LogP contribution in [0.5, 0.6) is 0 Å². The van der Waals surface area contributed by atoms with Gasteiger partial charge in [-0.05, 0) is 51.0 Å². The van der Waals surface area contributed by atoms with Gasteiger partial charge in [-0.25, -0.2) is 13.1 Å². The van der Waals surface area contributed by atoms with Crippen LogP contribution in [-0.4, -0.2) is 40.1 Å². The Labute approximate surface area is 137 Å². The van der Waals surface area contributed by atoms with Gasteiger partial charge in [0.2, 0.25) is 15.9 Å². The van der Waals surface area contributed by atoms with Gasteiger partial charge in [0.05, 0.1) is 11.0 Å². The fourth-order valence-electron chi connectivity index (χ4n) is 2.41. The number of ether oxygens (including phenoxy) is 1. The summed E-state index contributed by atoms with van der Waals surface area (Å²) in [5.41, 5.74) is 0.747. The topological polar surface area (TPSA) is 75.7 Å². The monoisotopic (exact) mass is 340 g/mol. The highest BCUT2D eigenvalue weighted by Crippen LogP contribution is 2.22. The van der Waals surface area contributed by atoms with Crippen LogP contribution in [0.15, 0.2) is 29.2 Å². The number of anilines is 1. The van der Waals surface area contributed by atoms with Gasteiger partial charge in [0.15, 0.2) is 0 Å². The summed E-state index contributed by atoms with van der Waals surface area (Å²) in [6.07, 6.45) is 2.17. The van der Waals surface area contributed by atoms with Gasteiger partial charge in [-0.1, -0.05) is 0 Å². The Kier molecular flexibility index (Phi) is 6.15. The summed E-state index contributed by atoms with van der Waals surface area (Å²) in [4.78, 5) is 13.6. The third kappa shape index (κ3) is 5.02. The van der Waals surface area contributed by atoms with Crippen molar-refractivity contribution in [3.8, 4) is 0 Å². The number of sulfonamides is 1. The fraction of sp³-hybridized carbons (Fsp3) is 0.562. The molecule has 0 aromatic heterocycles. The van der Waals surface area contributed by atoms with Gasteiger partial charge >= 0.3 is 0 Å². The summed E-state index contributed by atoms with van der Waals surface area (Å²) in [7, 11) is -3.52. The average molecular weight is 340 g/mol. The zero-order valence-electron chi connectivity index (χ0n) is 13.6. The van der Waals surface area contributed by atoms with E-state index in [1.165, 1.54) is 12.1 Å². The predicted octanol–water partition coefficient (Wildman–Crippen LogP) is 1.91. The first-order valence-corrected chi connectivity index (χ1v) is 9.40. The fourth-order valence-corrected chi connectivity index (χ4v) is 3.48. The molecule has 0 aliphatic carbocycles. The van der Waals surface area contributed by atoms with Gasteiger partial charge in [-0.15, -0.1) is 0 Å². The molecule has 1 fully saturated rings. The van der Waals surface area contributed by atoms with E-state index in [0.717, 1.165) is 12.1 Å². The van der Waals surface area contributed by atoms with E-state index < -0.39 is 10.0 Å². The van der Waals surface area contributed by atoms with Crippen molar-refractivity contribution >= 4 is 21.6 Å². The van der Waals surface area contributed by atoms with Crippen LogP contribution in [-0.2, 0) is 19.6 Å². The van der Waals surface area contributed by atoms with Crippen molar-refractivity contribution < 1.29 is 17.9 Å². The van der Waals surface area contributed by atoms with Crippen LogP contribution >= 0.6 is 0 Å². The Balaban J connectivity index is 1.91. The predicted molar refractivity (Wildman–Crippen MR) is 88.9 cm³/mol. The third-order valence-electron chi connectivity index (χ3n) is 3.60. The molecule has 0 spiro atoms. The first kappa shape index (κ1) is 17.9. The Morgan fingerprint density at radius 3 is 2.52 bits per heavy atom. The molecule has 6 nitrogen and oxygen atoms in total. The zero-order chi connectivity index (χ0) is 16.9. The number of benzene rings is 1. The normalized spacial score (nSPS) is 15.6. The van der Waals surface area contributed by atoms with Crippen LogP contribution in [0.4, 0.5) is 5.69 Å². The lowest BCUT2D eigenvalue weighted by Crippen LogP contribution is -2.26. The van der Waals surface area contributed by atoms with Crippen molar-refractivity contribution in [2.24, 2.45) is 0 Å². The number of carbonyl (C=O) groups excluding carboxylic acids is 1.